The molecule has 4 nitrogen and oxygen atoms in total. The van der Waals surface area contributed by atoms with Crippen LogP contribution in [0, 0.1) is 26.5 Å². The smallest absolute Gasteiger partial charge is 0.180 e. The Kier molecular flexibility index (Phi) is 4.72. The summed E-state index contributed by atoms with van der Waals surface area (Å²) < 4.78 is 28.6. The van der Waals surface area contributed by atoms with Crippen LogP contribution >= 0.6 is 22.6 Å². The zero-order valence-corrected chi connectivity index (χ0v) is 12.6. The number of nitrogens with zero attached hydrogens (tertiary/aromatic N) is 1. The molecule has 2 rings (SSSR count). The van der Waals surface area contributed by atoms with Crippen LogP contribution in [0.2, 0.25) is 0 Å². The second-order valence-electron chi connectivity index (χ2n) is 4.13. The molecule has 0 spiro atoms. The van der Waals surface area contributed by atoms with Crippen LogP contribution in [0.3, 0.4) is 0 Å². The average molecular weight is 402 g/mol. The first-order valence-electron chi connectivity index (χ1n) is 5.74. The van der Waals surface area contributed by atoms with Crippen molar-refractivity contribution < 1.29 is 19.0 Å². The van der Waals surface area contributed by atoms with Crippen molar-refractivity contribution in [1.82, 2.24) is 0 Å². The Balaban J connectivity index is 2.54. The fourth-order valence-electron chi connectivity index (χ4n) is 1.75. The van der Waals surface area contributed by atoms with Gasteiger partial charge in [0.05, 0.1) is 16.9 Å². The van der Waals surface area contributed by atoms with Crippen molar-refractivity contribution in [3.05, 3.63) is 56.7 Å². The van der Waals surface area contributed by atoms with Crippen molar-refractivity contribution in [1.29, 1.82) is 5.26 Å². The first-order chi connectivity index (χ1) is 9.93. The van der Waals surface area contributed by atoms with Gasteiger partial charge in [0.15, 0.2) is 12.1 Å². The lowest BCUT2D eigenvalue weighted by atomic mass is 10.1. The van der Waals surface area contributed by atoms with Gasteiger partial charge in [-0.1, -0.05) is 6.07 Å². The second-order valence-corrected chi connectivity index (χ2v) is 5.37. The largest absolute Gasteiger partial charge is 0.364 e. The highest BCUT2D eigenvalue weighted by Gasteiger charge is 2.18. The zero-order chi connectivity index (χ0) is 15.6. The monoisotopic (exact) mass is 402 g/mol. The van der Waals surface area contributed by atoms with E-state index in [2.05, 4.69) is 5.32 Å². The molecule has 0 aliphatic heterocycles. The highest BCUT2D eigenvalue weighted by Crippen LogP contribution is 2.31. The molecule has 0 saturated heterocycles. The maximum absolute atomic E-state index is 14.2. The molecule has 0 amide bonds. The van der Waals surface area contributed by atoms with E-state index in [0.717, 1.165) is 6.07 Å². The molecule has 0 fully saturated rings. The van der Waals surface area contributed by atoms with Crippen LogP contribution in [-0.2, 0) is 0 Å². The Bertz CT molecular complexity index is 730. The molecule has 0 radical (unpaired) electrons. The van der Waals surface area contributed by atoms with Crippen molar-refractivity contribution >= 4 is 34.0 Å². The van der Waals surface area contributed by atoms with E-state index in [1.165, 1.54) is 18.2 Å². The molecular weight excluding hydrogens is 393 g/mol. The van der Waals surface area contributed by atoms with Crippen molar-refractivity contribution in [3.8, 4) is 6.07 Å². The molecule has 7 heteroatoms. The van der Waals surface area contributed by atoms with E-state index in [1.54, 1.807) is 12.1 Å². The molecule has 0 atom stereocenters. The summed E-state index contributed by atoms with van der Waals surface area (Å²) in [4.78, 5) is 0. The van der Waals surface area contributed by atoms with Crippen LogP contribution in [-0.4, -0.2) is 10.2 Å². The maximum Gasteiger partial charge on any atom is 0.180 e. The van der Waals surface area contributed by atoms with E-state index in [1.807, 2.05) is 22.6 Å². The van der Waals surface area contributed by atoms with Gasteiger partial charge in [0.1, 0.15) is 11.9 Å². The second kappa shape index (κ2) is 6.34. The number of hydrogen-bond donors (Lipinski definition) is 3. The summed E-state index contributed by atoms with van der Waals surface area (Å²) in [5.74, 6) is -1.59. The van der Waals surface area contributed by atoms with E-state index in [9.17, 15) is 19.0 Å². The first kappa shape index (κ1) is 15.6. The zero-order valence-electron chi connectivity index (χ0n) is 10.4. The fourth-order valence-corrected chi connectivity index (χ4v) is 2.20. The molecule has 0 aliphatic rings. The van der Waals surface area contributed by atoms with Crippen LogP contribution in [0.1, 0.15) is 17.4 Å². The number of halogens is 3. The molecule has 0 saturated carbocycles. The molecule has 21 heavy (non-hydrogen) atoms. The number of hydrogen-bond acceptors (Lipinski definition) is 4. The van der Waals surface area contributed by atoms with Gasteiger partial charge in [-0.15, -0.1) is 0 Å². The third-order valence-corrected chi connectivity index (χ3v) is 3.43. The van der Waals surface area contributed by atoms with Gasteiger partial charge in [-0.05, 0) is 46.9 Å². The Morgan fingerprint density at radius 2 is 1.90 bits per heavy atom. The lowest BCUT2D eigenvalue weighted by Gasteiger charge is -2.15. The highest BCUT2D eigenvalue weighted by atomic mass is 127. The molecule has 0 heterocycles. The molecule has 2 aromatic carbocycles. The van der Waals surface area contributed by atoms with Crippen molar-refractivity contribution in [2.24, 2.45) is 0 Å². The Morgan fingerprint density at radius 3 is 2.48 bits per heavy atom. The summed E-state index contributed by atoms with van der Waals surface area (Å²) in [6, 6.07) is 8.19. The summed E-state index contributed by atoms with van der Waals surface area (Å²) in [6.07, 6.45) is -1.96. The Labute approximate surface area is 132 Å². The van der Waals surface area contributed by atoms with E-state index in [0.29, 0.717) is 3.57 Å². The third kappa shape index (κ3) is 3.29. The Morgan fingerprint density at radius 1 is 1.19 bits per heavy atom. The van der Waals surface area contributed by atoms with Crippen LogP contribution in [0.4, 0.5) is 20.2 Å². The minimum atomic E-state index is -1.96. The van der Waals surface area contributed by atoms with Gasteiger partial charge in [-0.2, -0.15) is 5.26 Å². The van der Waals surface area contributed by atoms with Gasteiger partial charge < -0.3 is 15.5 Å². The third-order valence-electron chi connectivity index (χ3n) is 2.76. The van der Waals surface area contributed by atoms with Gasteiger partial charge in [-0.25, -0.2) is 8.78 Å². The predicted molar refractivity (Wildman–Crippen MR) is 80.7 cm³/mol. The SMILES string of the molecule is N#Cc1ccc(C(O)O)c(Nc2ccc(I)cc2F)c1F. The lowest BCUT2D eigenvalue weighted by Crippen LogP contribution is -2.06. The number of benzene rings is 2. The topological polar surface area (TPSA) is 76.3 Å². The summed E-state index contributed by atoms with van der Waals surface area (Å²) in [6.45, 7) is 0. The maximum atomic E-state index is 14.2. The summed E-state index contributed by atoms with van der Waals surface area (Å²) in [5.41, 5.74) is -0.854. The van der Waals surface area contributed by atoms with Gasteiger partial charge in [0, 0.05) is 9.13 Å². The quantitative estimate of drug-likeness (QED) is 0.545. The molecule has 0 aliphatic carbocycles. The highest BCUT2D eigenvalue weighted by molar-refractivity contribution is 14.1. The lowest BCUT2D eigenvalue weighted by molar-refractivity contribution is -0.0420. The minimum absolute atomic E-state index is 0.0358. The first-order valence-corrected chi connectivity index (χ1v) is 6.82. The van der Waals surface area contributed by atoms with E-state index in [-0.39, 0.29) is 22.5 Å². The number of rotatable bonds is 3. The summed E-state index contributed by atoms with van der Waals surface area (Å²) >= 11 is 1.92. The van der Waals surface area contributed by atoms with Crippen LogP contribution < -0.4 is 5.32 Å². The number of nitriles is 1. The van der Waals surface area contributed by atoms with Gasteiger partial charge in [-0.3, -0.25) is 0 Å². The van der Waals surface area contributed by atoms with Crippen LogP contribution in [0.5, 0.6) is 0 Å². The summed E-state index contributed by atoms with van der Waals surface area (Å²) in [7, 11) is 0. The molecule has 0 bridgehead atoms. The fraction of sp³-hybridized carbons (Fsp3) is 0.0714. The van der Waals surface area contributed by atoms with E-state index >= 15 is 0 Å². The molecule has 108 valence electrons. The minimum Gasteiger partial charge on any atom is -0.364 e. The molecule has 3 N–H and O–H groups in total. The van der Waals surface area contributed by atoms with Crippen molar-refractivity contribution in [2.75, 3.05) is 5.32 Å². The number of aliphatic hydroxyl groups excluding tert-OH is 1. The molecular formula is C14H9F2IN2O2. The van der Waals surface area contributed by atoms with E-state index < -0.39 is 17.9 Å². The van der Waals surface area contributed by atoms with Crippen molar-refractivity contribution in [3.63, 3.8) is 0 Å². The number of nitrogens with one attached hydrogen (secondary N) is 1. The van der Waals surface area contributed by atoms with E-state index in [4.69, 9.17) is 5.26 Å². The Hall–Kier alpha value is -1.76. The normalized spacial score (nSPS) is 10.5. The number of aliphatic hydroxyl groups is 2. The summed E-state index contributed by atoms with van der Waals surface area (Å²) in [5, 5.41) is 29.8. The van der Waals surface area contributed by atoms with Gasteiger partial charge >= 0.3 is 0 Å². The number of anilines is 2. The van der Waals surface area contributed by atoms with Crippen LogP contribution in [0.15, 0.2) is 30.3 Å². The standard InChI is InChI=1S/C14H9F2IN2O2/c15-10-5-8(17)2-4-11(10)19-13-9(14(20)21)3-1-7(6-18)12(13)16/h1-5,14,19-21H. The van der Waals surface area contributed by atoms with Crippen molar-refractivity contribution in [2.45, 2.75) is 6.29 Å². The predicted octanol–water partition coefficient (Wildman–Crippen LogP) is 3.17. The van der Waals surface area contributed by atoms with Gasteiger partial charge in [0.2, 0.25) is 0 Å². The van der Waals surface area contributed by atoms with Gasteiger partial charge in [0.25, 0.3) is 0 Å². The molecule has 0 unspecified atom stereocenters. The molecule has 0 aromatic heterocycles. The average Bonchev–Trinajstić information content (AvgIpc) is 2.43. The van der Waals surface area contributed by atoms with Crippen LogP contribution in [0.25, 0.3) is 0 Å². The molecule has 2 aromatic rings.